The van der Waals surface area contributed by atoms with Gasteiger partial charge in [0.2, 0.25) is 11.8 Å². The number of aromatic nitrogens is 2. The number of rotatable bonds is 10. The van der Waals surface area contributed by atoms with Gasteiger partial charge >= 0.3 is 28.5 Å². The molecular weight excluding hydrogens is 565 g/mol. The molecule has 0 bridgehead atoms. The van der Waals surface area contributed by atoms with Crippen LogP contribution in [-0.4, -0.2) is 51.4 Å². The van der Waals surface area contributed by atoms with E-state index in [1.165, 1.54) is 17.7 Å². The van der Waals surface area contributed by atoms with Crippen molar-refractivity contribution in [2.45, 2.75) is 70.7 Å². The minimum atomic E-state index is -5.34. The predicted octanol–water partition coefficient (Wildman–Crippen LogP) is 2.54. The molecule has 4 N–H and O–H groups in total. The topological polar surface area (TPSA) is 196 Å². The summed E-state index contributed by atoms with van der Waals surface area (Å²) in [5.74, 6) is 0. The minimum absolute atomic E-state index is 0.0326. The first-order valence-corrected chi connectivity index (χ1v) is 18.4. The van der Waals surface area contributed by atoms with Crippen molar-refractivity contribution in [3.8, 4) is 0 Å². The summed E-state index contributed by atoms with van der Waals surface area (Å²) in [6, 6.07) is 0. The summed E-state index contributed by atoms with van der Waals surface area (Å²) in [6.07, 6.45) is -1.19. The number of phosphoric acid groups is 2. The maximum Gasteiger partial charge on any atom is 0.533 e. The lowest BCUT2D eigenvalue weighted by Crippen LogP contribution is -2.44. The van der Waals surface area contributed by atoms with Gasteiger partial charge in [0.05, 0.1) is 6.61 Å². The fourth-order valence-electron chi connectivity index (χ4n) is 2.80. The average molecular weight is 595 g/mol. The van der Waals surface area contributed by atoms with Gasteiger partial charge in [-0.2, -0.15) is 4.31 Å². The molecular formula is C16H30N2O12P3SSi+. The SMILES string of the molecule is Cc1cn([C@H]2C[C@H](O[P+](=S)OP(=O)(O)OP(=O)(O)O)[C@@H](CO[Si](C)(C)C(C)(C)C)O2)c(=O)[nH]c1=O. The Kier molecular flexibility index (Phi) is 9.78. The van der Waals surface area contributed by atoms with Crippen molar-refractivity contribution in [3.63, 3.8) is 0 Å². The number of hydrogen-bond acceptors (Lipinski definition) is 10. The first-order valence-electron chi connectivity index (χ1n) is 10.3. The molecule has 1 fully saturated rings. The Bertz CT molecular complexity index is 1160. The predicted molar refractivity (Wildman–Crippen MR) is 131 cm³/mol. The van der Waals surface area contributed by atoms with Crippen LogP contribution in [0.3, 0.4) is 0 Å². The number of nitrogens with zero attached hydrogens (tertiary/aromatic N) is 1. The lowest BCUT2D eigenvalue weighted by molar-refractivity contribution is -0.0388. The molecule has 14 nitrogen and oxygen atoms in total. The van der Waals surface area contributed by atoms with Gasteiger partial charge in [0.25, 0.3) is 5.56 Å². The molecule has 0 aliphatic carbocycles. The third kappa shape index (κ3) is 8.82. The Balaban J connectivity index is 2.25. The van der Waals surface area contributed by atoms with Gasteiger partial charge in [-0.1, -0.05) is 20.8 Å². The van der Waals surface area contributed by atoms with E-state index in [9.17, 15) is 23.6 Å². The van der Waals surface area contributed by atoms with Gasteiger partial charge in [-0.15, -0.1) is 4.52 Å². The molecule has 1 aromatic heterocycles. The molecule has 0 aromatic carbocycles. The van der Waals surface area contributed by atoms with Crippen LogP contribution in [0.5, 0.6) is 0 Å². The highest BCUT2D eigenvalue weighted by Crippen LogP contribution is 2.62. The molecule has 2 rings (SSSR count). The molecule has 2 unspecified atom stereocenters. The zero-order chi connectivity index (χ0) is 27.0. The molecule has 1 aliphatic heterocycles. The average Bonchev–Trinajstić information content (AvgIpc) is 3.01. The first-order chi connectivity index (χ1) is 15.7. The van der Waals surface area contributed by atoms with Crippen LogP contribution in [0, 0.1) is 6.92 Å². The van der Waals surface area contributed by atoms with Crippen molar-refractivity contribution >= 4 is 42.9 Å². The zero-order valence-corrected chi connectivity index (χ0v) is 24.4. The van der Waals surface area contributed by atoms with E-state index in [0.717, 1.165) is 0 Å². The molecule has 35 heavy (non-hydrogen) atoms. The number of hydrogen-bond donors (Lipinski definition) is 4. The van der Waals surface area contributed by atoms with Gasteiger partial charge in [0.15, 0.2) is 8.32 Å². The Hall–Kier alpha value is -0.443. The van der Waals surface area contributed by atoms with Gasteiger partial charge in [-0.05, 0) is 29.4 Å². The smallest absolute Gasteiger partial charge is 0.414 e. The zero-order valence-electron chi connectivity index (χ0n) is 19.9. The second-order valence-corrected chi connectivity index (χ2v) is 19.0. The molecule has 0 radical (unpaired) electrons. The lowest BCUT2D eigenvalue weighted by Gasteiger charge is -2.37. The fourth-order valence-corrected chi connectivity index (χ4v) is 7.64. The Morgan fingerprint density at radius 1 is 1.29 bits per heavy atom. The number of H-pyrrole nitrogens is 1. The molecule has 5 atom stereocenters. The van der Waals surface area contributed by atoms with E-state index < -0.39 is 60.8 Å². The molecule has 1 aromatic rings. The van der Waals surface area contributed by atoms with E-state index >= 15 is 0 Å². The van der Waals surface area contributed by atoms with Gasteiger partial charge < -0.3 is 18.9 Å². The maximum atomic E-state index is 12.3. The van der Waals surface area contributed by atoms with Crippen molar-refractivity contribution in [2.24, 2.45) is 0 Å². The van der Waals surface area contributed by atoms with Gasteiger partial charge in [-0.25, -0.2) is 13.9 Å². The van der Waals surface area contributed by atoms with Crippen molar-refractivity contribution in [1.29, 1.82) is 0 Å². The fraction of sp³-hybridized carbons (Fsp3) is 0.750. The maximum absolute atomic E-state index is 12.3. The summed E-state index contributed by atoms with van der Waals surface area (Å²) in [5, 5.41) is -0.120. The van der Waals surface area contributed by atoms with Crippen LogP contribution in [0.15, 0.2) is 15.8 Å². The molecule has 19 heteroatoms. The van der Waals surface area contributed by atoms with Gasteiger partial charge in [0, 0.05) is 18.2 Å². The largest absolute Gasteiger partial charge is 0.533 e. The molecule has 1 saturated heterocycles. The standard InChI is InChI=1S/C16H29N2O12P3SSi/c1-10-8-18(15(20)17-14(10)19)13-7-11(12(27-13)9-26-35(5,6)16(2,3)4)28-31(34)29-33(24,25)30-32(21,22)23/h8,11-13H,7,9H2,1-6H3,(H3-,17,19,20,21,22,23,24,25)/p+1/t11-,12+,13+/m0/s1. The Labute approximate surface area is 208 Å². The summed E-state index contributed by atoms with van der Waals surface area (Å²) in [6.45, 7) is 11.7. The van der Waals surface area contributed by atoms with Crippen molar-refractivity contribution < 1.29 is 46.1 Å². The second kappa shape index (κ2) is 11.1. The summed E-state index contributed by atoms with van der Waals surface area (Å²) in [5.41, 5.74) is -0.973. The van der Waals surface area contributed by atoms with Gasteiger partial charge in [0.1, 0.15) is 18.4 Å². The molecule has 0 saturated carbocycles. The Morgan fingerprint density at radius 2 is 1.89 bits per heavy atom. The number of aromatic amines is 1. The number of ether oxygens (including phenoxy) is 1. The van der Waals surface area contributed by atoms with E-state index in [1.54, 1.807) is 0 Å². The van der Waals surface area contributed by atoms with E-state index in [1.807, 2.05) is 33.9 Å². The highest BCUT2D eigenvalue weighted by Gasteiger charge is 2.47. The quantitative estimate of drug-likeness (QED) is 0.228. The van der Waals surface area contributed by atoms with Crippen molar-refractivity contribution in [3.05, 3.63) is 32.6 Å². The molecule has 0 amide bonds. The van der Waals surface area contributed by atoms with Crippen molar-refractivity contribution in [1.82, 2.24) is 9.55 Å². The molecule has 0 spiro atoms. The number of nitrogens with one attached hydrogen (secondary N) is 1. The lowest BCUT2D eigenvalue weighted by atomic mass is 10.2. The van der Waals surface area contributed by atoms with Gasteiger partial charge in [-0.3, -0.25) is 19.2 Å². The van der Waals surface area contributed by atoms with Crippen LogP contribution < -0.4 is 11.2 Å². The Morgan fingerprint density at radius 3 is 2.43 bits per heavy atom. The monoisotopic (exact) mass is 595 g/mol. The van der Waals surface area contributed by atoms with Crippen molar-refractivity contribution in [2.75, 3.05) is 6.61 Å². The molecule has 200 valence electrons. The first kappa shape index (κ1) is 30.8. The van der Waals surface area contributed by atoms with Crippen LogP contribution in [0.25, 0.3) is 0 Å². The normalized spacial score (nSPS) is 23.8. The molecule has 2 heterocycles. The van der Waals surface area contributed by atoms with Crippen LogP contribution in [0.2, 0.25) is 18.1 Å². The van der Waals surface area contributed by atoms with E-state index in [4.69, 9.17) is 35.3 Å². The highest BCUT2D eigenvalue weighted by molar-refractivity contribution is 8.02. The third-order valence-corrected chi connectivity index (χ3v) is 14.5. The van der Waals surface area contributed by atoms with Crippen LogP contribution in [-0.2, 0) is 43.2 Å². The molecule has 1 aliphatic rings. The summed E-state index contributed by atoms with van der Waals surface area (Å²) >= 11 is 4.95. The third-order valence-electron chi connectivity index (χ3n) is 5.65. The van der Waals surface area contributed by atoms with E-state index in [2.05, 4.69) is 13.6 Å². The minimum Gasteiger partial charge on any atom is -0.414 e. The van der Waals surface area contributed by atoms with Crippen LogP contribution in [0.4, 0.5) is 0 Å². The van der Waals surface area contributed by atoms with Crippen LogP contribution in [0.1, 0.15) is 39.0 Å². The summed E-state index contributed by atoms with van der Waals surface area (Å²) in [7, 11) is -15.4. The summed E-state index contributed by atoms with van der Waals surface area (Å²) in [4.78, 5) is 53.3. The number of aryl methyl sites for hydroxylation is 1. The second-order valence-electron chi connectivity index (χ2n) is 9.40. The highest BCUT2D eigenvalue weighted by atomic mass is 32.4. The summed E-state index contributed by atoms with van der Waals surface area (Å²) < 4.78 is 50.0. The van der Waals surface area contributed by atoms with Crippen LogP contribution >= 0.6 is 22.8 Å². The van der Waals surface area contributed by atoms with E-state index in [-0.39, 0.29) is 23.6 Å². The van der Waals surface area contributed by atoms with E-state index in [0.29, 0.717) is 0 Å².